The summed E-state index contributed by atoms with van der Waals surface area (Å²) in [4.78, 5) is 0. The molecule has 1 heterocycles. The monoisotopic (exact) mass is 160 g/mol. The van der Waals surface area contributed by atoms with Gasteiger partial charge in [-0.1, -0.05) is 20.8 Å². The highest BCUT2D eigenvalue weighted by Crippen LogP contribution is 2.27. The Balaban J connectivity index is 0.000000461. The van der Waals surface area contributed by atoms with Crippen molar-refractivity contribution >= 4 is 0 Å². The molecule has 0 radical (unpaired) electrons. The third-order valence-electron chi connectivity index (χ3n) is 1.79. The van der Waals surface area contributed by atoms with Crippen LogP contribution in [0.4, 0.5) is 0 Å². The molecule has 0 aromatic heterocycles. The minimum Gasteiger partial charge on any atom is -0.384 e. The van der Waals surface area contributed by atoms with Crippen LogP contribution in [0.1, 0.15) is 27.2 Å². The third kappa shape index (κ3) is 3.73. The predicted octanol–water partition coefficient (Wildman–Crippen LogP) is 2.09. The molecule has 0 saturated carbocycles. The molecule has 1 aliphatic rings. The van der Waals surface area contributed by atoms with E-state index in [1.807, 2.05) is 13.8 Å². The molecule has 11 heavy (non-hydrogen) atoms. The van der Waals surface area contributed by atoms with Crippen molar-refractivity contribution in [1.29, 1.82) is 0 Å². The smallest absolute Gasteiger partial charge is 0.0542 e. The highest BCUT2D eigenvalue weighted by atomic mass is 16.5. The van der Waals surface area contributed by atoms with Gasteiger partial charge in [-0.25, -0.2) is 0 Å². The first-order valence-electron chi connectivity index (χ1n) is 4.33. The normalized spacial score (nSPS) is 29.5. The van der Waals surface area contributed by atoms with Crippen molar-refractivity contribution in [2.24, 2.45) is 5.41 Å². The zero-order chi connectivity index (χ0) is 8.74. The number of rotatable bonds is 2. The summed E-state index contributed by atoms with van der Waals surface area (Å²) >= 11 is 0. The summed E-state index contributed by atoms with van der Waals surface area (Å²) in [5.41, 5.74) is 0.300. The fraction of sp³-hybridized carbons (Fsp3) is 1.00. The van der Waals surface area contributed by atoms with E-state index in [0.29, 0.717) is 5.41 Å². The molecule has 1 atom stereocenters. The van der Waals surface area contributed by atoms with Crippen molar-refractivity contribution in [3.05, 3.63) is 0 Å². The molecule has 0 spiro atoms. The quantitative estimate of drug-likeness (QED) is 0.615. The van der Waals surface area contributed by atoms with Gasteiger partial charge in [0.1, 0.15) is 0 Å². The van der Waals surface area contributed by atoms with Crippen molar-refractivity contribution < 1.29 is 9.47 Å². The van der Waals surface area contributed by atoms with Gasteiger partial charge in [0.2, 0.25) is 0 Å². The van der Waals surface area contributed by atoms with Gasteiger partial charge in [0, 0.05) is 19.1 Å². The number of ether oxygens (including phenoxy) is 2. The summed E-state index contributed by atoms with van der Waals surface area (Å²) in [5.74, 6) is 0. The van der Waals surface area contributed by atoms with Crippen molar-refractivity contribution in [3.8, 4) is 0 Å². The van der Waals surface area contributed by atoms with E-state index < -0.39 is 0 Å². The molecular weight excluding hydrogens is 140 g/mol. The van der Waals surface area contributed by atoms with Crippen molar-refractivity contribution in [1.82, 2.24) is 0 Å². The van der Waals surface area contributed by atoms with Crippen molar-refractivity contribution in [3.63, 3.8) is 0 Å². The molecule has 0 aromatic carbocycles. The van der Waals surface area contributed by atoms with Gasteiger partial charge in [-0.3, -0.25) is 0 Å². The number of methoxy groups -OCH3 is 1. The van der Waals surface area contributed by atoms with E-state index in [-0.39, 0.29) is 0 Å². The lowest BCUT2D eigenvalue weighted by atomic mass is 9.91. The molecule has 2 nitrogen and oxygen atoms in total. The Morgan fingerprint density at radius 1 is 1.45 bits per heavy atom. The Kier molecular flexibility index (Phi) is 5.51. The van der Waals surface area contributed by atoms with Gasteiger partial charge in [-0.15, -0.1) is 0 Å². The van der Waals surface area contributed by atoms with E-state index in [0.717, 1.165) is 26.2 Å². The molecule has 1 aliphatic heterocycles. The molecule has 1 unspecified atom stereocenters. The Labute approximate surface area is 69.9 Å². The van der Waals surface area contributed by atoms with Gasteiger partial charge < -0.3 is 9.47 Å². The van der Waals surface area contributed by atoms with Gasteiger partial charge in [0.05, 0.1) is 13.2 Å². The van der Waals surface area contributed by atoms with Gasteiger partial charge >= 0.3 is 0 Å². The molecule has 68 valence electrons. The molecule has 2 heteroatoms. The number of hydrogen-bond acceptors (Lipinski definition) is 2. The average Bonchev–Trinajstić information content (AvgIpc) is 2.41. The lowest BCUT2D eigenvalue weighted by Gasteiger charge is -2.19. The van der Waals surface area contributed by atoms with Gasteiger partial charge in [-0.05, 0) is 6.42 Å². The second-order valence-electron chi connectivity index (χ2n) is 3.05. The van der Waals surface area contributed by atoms with E-state index in [1.54, 1.807) is 7.11 Å². The Hall–Kier alpha value is -0.0800. The lowest BCUT2D eigenvalue weighted by molar-refractivity contribution is 0.0749. The largest absolute Gasteiger partial charge is 0.384 e. The maximum absolute atomic E-state index is 5.23. The fourth-order valence-corrected chi connectivity index (χ4v) is 1.17. The van der Waals surface area contributed by atoms with E-state index in [9.17, 15) is 0 Å². The second-order valence-corrected chi connectivity index (χ2v) is 3.05. The van der Waals surface area contributed by atoms with E-state index in [4.69, 9.17) is 9.47 Å². The van der Waals surface area contributed by atoms with Crippen LogP contribution < -0.4 is 0 Å². The summed E-state index contributed by atoms with van der Waals surface area (Å²) < 4.78 is 10.3. The molecule has 0 amide bonds. The van der Waals surface area contributed by atoms with E-state index in [1.165, 1.54) is 0 Å². The highest BCUT2D eigenvalue weighted by Gasteiger charge is 2.29. The minimum atomic E-state index is 0.300. The topological polar surface area (TPSA) is 18.5 Å². The Morgan fingerprint density at radius 2 is 2.09 bits per heavy atom. The van der Waals surface area contributed by atoms with Crippen LogP contribution in [0.25, 0.3) is 0 Å². The molecular formula is C9H20O2. The maximum atomic E-state index is 5.23. The first-order valence-corrected chi connectivity index (χ1v) is 4.33. The molecule has 0 bridgehead atoms. The van der Waals surface area contributed by atoms with Crippen LogP contribution in [0.3, 0.4) is 0 Å². The van der Waals surface area contributed by atoms with Gasteiger partial charge in [0.15, 0.2) is 0 Å². The predicted molar refractivity (Wildman–Crippen MR) is 46.8 cm³/mol. The molecule has 0 aliphatic carbocycles. The van der Waals surface area contributed by atoms with E-state index >= 15 is 0 Å². The van der Waals surface area contributed by atoms with Gasteiger partial charge in [-0.2, -0.15) is 0 Å². The first-order chi connectivity index (χ1) is 5.27. The number of hydrogen-bond donors (Lipinski definition) is 0. The van der Waals surface area contributed by atoms with Crippen LogP contribution in [0.5, 0.6) is 0 Å². The van der Waals surface area contributed by atoms with Gasteiger partial charge in [0.25, 0.3) is 0 Å². The van der Waals surface area contributed by atoms with Crippen LogP contribution in [-0.4, -0.2) is 26.9 Å². The summed E-state index contributed by atoms with van der Waals surface area (Å²) in [6.07, 6.45) is 1.14. The molecule has 0 aromatic rings. The average molecular weight is 160 g/mol. The second kappa shape index (κ2) is 5.56. The Morgan fingerprint density at radius 3 is 2.45 bits per heavy atom. The zero-order valence-electron chi connectivity index (χ0n) is 8.14. The zero-order valence-corrected chi connectivity index (χ0v) is 8.14. The van der Waals surface area contributed by atoms with Crippen molar-refractivity contribution in [2.75, 3.05) is 26.9 Å². The fourth-order valence-electron chi connectivity index (χ4n) is 1.17. The minimum absolute atomic E-state index is 0.300. The summed E-state index contributed by atoms with van der Waals surface area (Å²) in [7, 11) is 1.74. The lowest BCUT2D eigenvalue weighted by Crippen LogP contribution is -2.22. The third-order valence-corrected chi connectivity index (χ3v) is 1.79. The molecule has 1 rings (SSSR count). The van der Waals surface area contributed by atoms with E-state index in [2.05, 4.69) is 6.92 Å². The van der Waals surface area contributed by atoms with Crippen LogP contribution in [0.2, 0.25) is 0 Å². The standard InChI is InChI=1S/C7H14O2.C2H6/c1-7(5-8-2)3-4-9-6-7;1-2/h3-6H2,1-2H3;1-2H3. The van der Waals surface area contributed by atoms with Crippen LogP contribution in [0.15, 0.2) is 0 Å². The SMILES string of the molecule is CC.COCC1(C)CCOC1. The maximum Gasteiger partial charge on any atom is 0.0542 e. The van der Waals surface area contributed by atoms with Crippen LogP contribution >= 0.6 is 0 Å². The van der Waals surface area contributed by atoms with Crippen LogP contribution in [0, 0.1) is 5.41 Å². The highest BCUT2D eigenvalue weighted by molar-refractivity contribution is 4.77. The molecule has 0 N–H and O–H groups in total. The Bertz CT molecular complexity index is 85.6. The summed E-state index contributed by atoms with van der Waals surface area (Å²) in [6.45, 7) is 8.79. The van der Waals surface area contributed by atoms with Crippen molar-refractivity contribution in [2.45, 2.75) is 27.2 Å². The van der Waals surface area contributed by atoms with Crippen LogP contribution in [-0.2, 0) is 9.47 Å². The summed E-state index contributed by atoms with van der Waals surface area (Å²) in [6, 6.07) is 0. The molecule has 1 saturated heterocycles. The first kappa shape index (κ1) is 10.9. The summed E-state index contributed by atoms with van der Waals surface area (Å²) in [5, 5.41) is 0. The molecule has 1 fully saturated rings.